The van der Waals surface area contributed by atoms with Crippen molar-refractivity contribution in [1.29, 1.82) is 0 Å². The summed E-state index contributed by atoms with van der Waals surface area (Å²) in [5, 5.41) is 2.77. The summed E-state index contributed by atoms with van der Waals surface area (Å²) in [4.78, 5) is 27.6. The summed E-state index contributed by atoms with van der Waals surface area (Å²) in [5.41, 5.74) is 0.380. The highest BCUT2D eigenvalue weighted by atomic mass is 32.2. The minimum absolute atomic E-state index is 0.163. The largest absolute Gasteiger partial charge is 0.354 e. The molecule has 0 aliphatic rings. The number of nitrogens with zero attached hydrogens (tertiary/aromatic N) is 2. The van der Waals surface area contributed by atoms with Gasteiger partial charge in [0, 0.05) is 18.7 Å². The lowest BCUT2D eigenvalue weighted by atomic mass is 10.1. The van der Waals surface area contributed by atoms with Crippen LogP contribution in [-0.4, -0.2) is 44.3 Å². The molecule has 3 aromatic carbocycles. The number of halogens is 2. The molecule has 0 radical (unpaired) electrons. The maximum Gasteiger partial charge on any atom is 0.264 e. The Bertz CT molecular complexity index is 1350. The number of carbonyl (C=O) groups excluding carboxylic acids is 2. The van der Waals surface area contributed by atoms with Crippen molar-refractivity contribution in [2.24, 2.45) is 5.92 Å². The van der Waals surface area contributed by atoms with Gasteiger partial charge in [0.05, 0.1) is 10.6 Å². The second-order valence-corrected chi connectivity index (χ2v) is 11.1. The first-order valence-electron chi connectivity index (χ1n) is 12.1. The van der Waals surface area contributed by atoms with Crippen LogP contribution in [0.2, 0.25) is 0 Å². The van der Waals surface area contributed by atoms with E-state index in [9.17, 15) is 26.8 Å². The Morgan fingerprint density at radius 2 is 1.47 bits per heavy atom. The molecule has 3 rings (SSSR count). The second kappa shape index (κ2) is 12.6. The molecule has 0 fully saturated rings. The molecule has 0 saturated carbocycles. The van der Waals surface area contributed by atoms with Gasteiger partial charge in [-0.25, -0.2) is 17.2 Å². The lowest BCUT2D eigenvalue weighted by molar-refractivity contribution is -0.139. The first kappa shape index (κ1) is 28.8. The minimum atomic E-state index is -4.30. The zero-order valence-corrected chi connectivity index (χ0v) is 22.3. The Kier molecular flexibility index (Phi) is 9.57. The number of nitrogens with one attached hydrogen (secondary N) is 1. The molecule has 1 unspecified atom stereocenters. The molecule has 0 spiro atoms. The topological polar surface area (TPSA) is 86.8 Å². The third kappa shape index (κ3) is 7.16. The van der Waals surface area contributed by atoms with Crippen LogP contribution in [0.15, 0.2) is 83.8 Å². The molecular weight excluding hydrogens is 512 g/mol. The third-order valence-electron chi connectivity index (χ3n) is 5.88. The Morgan fingerprint density at radius 3 is 2.08 bits per heavy atom. The van der Waals surface area contributed by atoms with Crippen molar-refractivity contribution in [2.75, 3.05) is 17.4 Å². The number of para-hydroxylation sites is 1. The van der Waals surface area contributed by atoms with E-state index in [1.807, 2.05) is 13.8 Å². The van der Waals surface area contributed by atoms with E-state index in [0.29, 0.717) is 6.54 Å². The third-order valence-corrected chi connectivity index (χ3v) is 7.66. The van der Waals surface area contributed by atoms with Crippen molar-refractivity contribution >= 4 is 27.5 Å². The van der Waals surface area contributed by atoms with Crippen LogP contribution in [0.25, 0.3) is 0 Å². The molecule has 0 aliphatic carbocycles. The Labute approximate surface area is 222 Å². The van der Waals surface area contributed by atoms with E-state index in [1.165, 1.54) is 37.3 Å². The highest BCUT2D eigenvalue weighted by molar-refractivity contribution is 7.92. The van der Waals surface area contributed by atoms with Gasteiger partial charge in [-0.1, -0.05) is 50.2 Å². The summed E-state index contributed by atoms with van der Waals surface area (Å²) in [6.45, 7) is 4.81. The average molecular weight is 544 g/mol. The predicted molar refractivity (Wildman–Crippen MR) is 142 cm³/mol. The van der Waals surface area contributed by atoms with E-state index < -0.39 is 46.1 Å². The highest BCUT2D eigenvalue weighted by Gasteiger charge is 2.32. The first-order valence-corrected chi connectivity index (χ1v) is 13.6. The molecule has 0 bridgehead atoms. The fourth-order valence-electron chi connectivity index (χ4n) is 3.70. The maximum absolute atomic E-state index is 14.5. The van der Waals surface area contributed by atoms with E-state index >= 15 is 0 Å². The van der Waals surface area contributed by atoms with Gasteiger partial charge in [-0.15, -0.1) is 0 Å². The smallest absolute Gasteiger partial charge is 0.264 e. The molecule has 1 N–H and O–H groups in total. The number of hydrogen-bond donors (Lipinski definition) is 1. The minimum Gasteiger partial charge on any atom is -0.354 e. The van der Waals surface area contributed by atoms with Crippen molar-refractivity contribution in [3.8, 4) is 0 Å². The summed E-state index contributed by atoms with van der Waals surface area (Å²) in [6.07, 6.45) is 0. The van der Waals surface area contributed by atoms with Gasteiger partial charge in [0.25, 0.3) is 10.0 Å². The van der Waals surface area contributed by atoms with E-state index in [4.69, 9.17) is 0 Å². The fourth-order valence-corrected chi connectivity index (χ4v) is 5.12. The molecule has 3 aromatic rings. The number of anilines is 1. The lowest BCUT2D eigenvalue weighted by Gasteiger charge is -2.32. The molecule has 0 heterocycles. The quantitative estimate of drug-likeness (QED) is 0.390. The van der Waals surface area contributed by atoms with Gasteiger partial charge in [-0.05, 0) is 55.3 Å². The number of sulfonamides is 1. The van der Waals surface area contributed by atoms with Gasteiger partial charge in [0.1, 0.15) is 24.2 Å². The molecular formula is C28H31F2N3O4S. The predicted octanol–water partition coefficient (Wildman–Crippen LogP) is 4.35. The van der Waals surface area contributed by atoms with Crippen LogP contribution in [0.4, 0.5) is 14.5 Å². The second-order valence-electron chi connectivity index (χ2n) is 9.23. The molecule has 0 aliphatic heterocycles. The standard InChI is InChI=1S/C28H31F2N3O4S/c1-20(2)17-31-28(35)21(3)32(18-22-9-7-8-12-26(22)30)27(34)19-33(24-10-5-4-6-11-24)38(36,37)25-15-13-23(29)14-16-25/h4-16,20-21H,17-19H2,1-3H3,(H,31,35). The van der Waals surface area contributed by atoms with Crippen molar-refractivity contribution in [2.45, 2.75) is 38.3 Å². The van der Waals surface area contributed by atoms with E-state index in [0.717, 1.165) is 33.5 Å². The van der Waals surface area contributed by atoms with Crippen LogP contribution in [0, 0.1) is 17.6 Å². The maximum atomic E-state index is 14.5. The Hall–Kier alpha value is -3.79. The molecule has 0 aromatic heterocycles. The van der Waals surface area contributed by atoms with Gasteiger partial charge < -0.3 is 10.2 Å². The SMILES string of the molecule is CC(C)CNC(=O)C(C)N(Cc1ccccc1F)C(=O)CN(c1ccccc1)S(=O)(=O)c1ccc(F)cc1. The highest BCUT2D eigenvalue weighted by Crippen LogP contribution is 2.25. The van der Waals surface area contributed by atoms with Crippen LogP contribution < -0.4 is 9.62 Å². The van der Waals surface area contributed by atoms with Crippen molar-refractivity contribution in [3.05, 3.63) is 96.1 Å². The van der Waals surface area contributed by atoms with Gasteiger partial charge in [0.15, 0.2) is 0 Å². The van der Waals surface area contributed by atoms with Crippen molar-refractivity contribution in [1.82, 2.24) is 10.2 Å². The molecule has 0 saturated heterocycles. The summed E-state index contributed by atoms with van der Waals surface area (Å²) < 4.78 is 56.1. The number of carbonyl (C=O) groups is 2. The zero-order chi connectivity index (χ0) is 27.9. The molecule has 1 atom stereocenters. The number of amides is 2. The number of benzene rings is 3. The van der Waals surface area contributed by atoms with Crippen LogP contribution in [0.5, 0.6) is 0 Å². The van der Waals surface area contributed by atoms with E-state index in [-0.39, 0.29) is 28.6 Å². The summed E-state index contributed by atoms with van der Waals surface area (Å²) in [5.74, 6) is -2.16. The van der Waals surface area contributed by atoms with Gasteiger partial charge in [-0.2, -0.15) is 0 Å². The molecule has 7 nitrogen and oxygen atoms in total. The molecule has 2 amide bonds. The summed E-state index contributed by atoms with van der Waals surface area (Å²) >= 11 is 0. The van der Waals surface area contributed by atoms with E-state index in [1.54, 1.807) is 24.3 Å². The van der Waals surface area contributed by atoms with Crippen LogP contribution in [0.3, 0.4) is 0 Å². The molecule has 10 heteroatoms. The summed E-state index contributed by atoms with van der Waals surface area (Å²) in [7, 11) is -4.30. The van der Waals surface area contributed by atoms with Gasteiger partial charge >= 0.3 is 0 Å². The summed E-state index contributed by atoms with van der Waals surface area (Å²) in [6, 6.07) is 17.1. The number of rotatable bonds is 11. The molecule has 38 heavy (non-hydrogen) atoms. The van der Waals surface area contributed by atoms with Gasteiger partial charge in [0.2, 0.25) is 11.8 Å². The lowest BCUT2D eigenvalue weighted by Crippen LogP contribution is -2.51. The zero-order valence-electron chi connectivity index (χ0n) is 21.5. The van der Waals surface area contributed by atoms with Crippen LogP contribution in [0.1, 0.15) is 26.3 Å². The first-order chi connectivity index (χ1) is 18.0. The van der Waals surface area contributed by atoms with Gasteiger partial charge in [-0.3, -0.25) is 13.9 Å². The average Bonchev–Trinajstić information content (AvgIpc) is 2.90. The Balaban J connectivity index is 1.99. The van der Waals surface area contributed by atoms with Crippen LogP contribution in [-0.2, 0) is 26.2 Å². The van der Waals surface area contributed by atoms with E-state index in [2.05, 4.69) is 5.32 Å². The van der Waals surface area contributed by atoms with Crippen molar-refractivity contribution in [3.63, 3.8) is 0 Å². The Morgan fingerprint density at radius 1 is 0.868 bits per heavy atom. The normalized spacial score (nSPS) is 12.2. The van der Waals surface area contributed by atoms with Crippen LogP contribution >= 0.6 is 0 Å². The number of hydrogen-bond acceptors (Lipinski definition) is 4. The fraction of sp³-hybridized carbons (Fsp3) is 0.286. The monoisotopic (exact) mass is 543 g/mol. The van der Waals surface area contributed by atoms with Crippen molar-refractivity contribution < 1.29 is 26.8 Å². The molecule has 202 valence electrons.